The molecule has 6 heteroatoms. The quantitative estimate of drug-likeness (QED) is 0.481. The summed E-state index contributed by atoms with van der Waals surface area (Å²) in [7, 11) is 0. The van der Waals surface area contributed by atoms with E-state index in [2.05, 4.69) is 32.2 Å². The molecular weight excluding hydrogens is 450 g/mol. The number of halogens is 2. The van der Waals surface area contributed by atoms with Gasteiger partial charge in [-0.1, -0.05) is 40.4 Å². The van der Waals surface area contributed by atoms with Crippen molar-refractivity contribution in [3.05, 3.63) is 63.1 Å². The molecule has 0 unspecified atom stereocenters. The summed E-state index contributed by atoms with van der Waals surface area (Å²) in [6, 6.07) is 14.0. The first kappa shape index (κ1) is 20.2. The summed E-state index contributed by atoms with van der Waals surface area (Å²) in [5.74, 6) is 0.745. The van der Waals surface area contributed by atoms with Crippen LogP contribution in [0.15, 0.2) is 40.9 Å². The molecule has 4 nitrogen and oxygen atoms in total. The molecule has 0 bridgehead atoms. The molecule has 1 aliphatic heterocycles. The molecule has 1 saturated heterocycles. The zero-order valence-corrected chi connectivity index (χ0v) is 18.6. The molecule has 1 radical (unpaired) electrons. The van der Waals surface area contributed by atoms with Gasteiger partial charge >= 0.3 is 0 Å². The fourth-order valence-corrected chi connectivity index (χ4v) is 4.35. The van der Waals surface area contributed by atoms with E-state index >= 15 is 0 Å². The second kappa shape index (κ2) is 8.72. The Bertz CT molecular complexity index is 1040. The van der Waals surface area contributed by atoms with Gasteiger partial charge in [-0.05, 0) is 56.2 Å². The Morgan fingerprint density at radius 1 is 1.17 bits per heavy atom. The third-order valence-electron chi connectivity index (χ3n) is 5.32. The van der Waals surface area contributed by atoms with Crippen molar-refractivity contribution in [2.45, 2.75) is 32.6 Å². The Morgan fingerprint density at radius 2 is 1.93 bits per heavy atom. The average Bonchev–Trinajstić information content (AvgIpc) is 2.98. The molecule has 1 N–H and O–H groups in total. The van der Waals surface area contributed by atoms with E-state index in [9.17, 15) is 4.79 Å². The summed E-state index contributed by atoms with van der Waals surface area (Å²) in [4.78, 5) is 20.6. The van der Waals surface area contributed by atoms with Crippen molar-refractivity contribution in [1.82, 2.24) is 4.98 Å². The van der Waals surface area contributed by atoms with Crippen molar-refractivity contribution >= 4 is 55.8 Å². The van der Waals surface area contributed by atoms with Gasteiger partial charge in [0.25, 0.3) is 5.91 Å². The van der Waals surface area contributed by atoms with Crippen LogP contribution in [-0.2, 0) is 0 Å². The van der Waals surface area contributed by atoms with Gasteiger partial charge in [-0.25, -0.2) is 4.98 Å². The van der Waals surface area contributed by atoms with E-state index in [0.29, 0.717) is 16.3 Å². The number of hydrogen-bond acceptors (Lipinski definition) is 3. The molecule has 1 aromatic heterocycles. The molecule has 29 heavy (non-hydrogen) atoms. The number of aromatic nitrogens is 1. The van der Waals surface area contributed by atoms with Crippen LogP contribution in [0.5, 0.6) is 0 Å². The zero-order chi connectivity index (χ0) is 20.4. The topological polar surface area (TPSA) is 45.2 Å². The minimum absolute atomic E-state index is 0.164. The third-order valence-corrected chi connectivity index (χ3v) is 6.05. The standard InChI is InChI=1S/C23H22BrClN3O/c1-15-21(23(29)26-18-9-7-17(25)8-10-18)19-14-16(24)6-11-20(19)27-22(15)28-12-4-2-3-5-13-28/h6-9,11,14H,2-5,12-13H2,1H3,(H,26,29). The lowest BCUT2D eigenvalue weighted by Gasteiger charge is -2.25. The number of hydrogen-bond donors (Lipinski definition) is 1. The normalized spacial score (nSPS) is 14.7. The number of rotatable bonds is 3. The number of carbonyl (C=O) groups is 1. The van der Waals surface area contributed by atoms with Gasteiger partial charge in [-0.2, -0.15) is 0 Å². The Balaban J connectivity index is 1.81. The van der Waals surface area contributed by atoms with Gasteiger partial charge in [-0.3, -0.25) is 4.79 Å². The van der Waals surface area contributed by atoms with E-state index in [0.717, 1.165) is 52.7 Å². The Morgan fingerprint density at radius 3 is 2.62 bits per heavy atom. The molecule has 1 fully saturated rings. The Kier molecular flexibility index (Phi) is 6.07. The predicted octanol–water partition coefficient (Wildman–Crippen LogP) is 6.39. The summed E-state index contributed by atoms with van der Waals surface area (Å²) < 4.78 is 0.917. The third kappa shape index (κ3) is 4.41. The lowest BCUT2D eigenvalue weighted by atomic mass is 10.0. The van der Waals surface area contributed by atoms with E-state index in [-0.39, 0.29) is 5.91 Å². The van der Waals surface area contributed by atoms with E-state index in [1.54, 1.807) is 18.2 Å². The number of anilines is 2. The van der Waals surface area contributed by atoms with Gasteiger partial charge in [0.1, 0.15) is 5.82 Å². The molecule has 3 aromatic rings. The predicted molar refractivity (Wildman–Crippen MR) is 123 cm³/mol. The zero-order valence-electron chi connectivity index (χ0n) is 16.3. The molecule has 2 heterocycles. The van der Waals surface area contributed by atoms with Crippen LogP contribution in [0.25, 0.3) is 10.9 Å². The molecule has 2 aromatic carbocycles. The summed E-state index contributed by atoms with van der Waals surface area (Å²) in [6.45, 7) is 3.94. The lowest BCUT2D eigenvalue weighted by Crippen LogP contribution is -2.27. The van der Waals surface area contributed by atoms with Crippen molar-refractivity contribution < 1.29 is 4.79 Å². The fraction of sp³-hybridized carbons (Fsp3) is 0.304. The number of amides is 1. The van der Waals surface area contributed by atoms with Crippen LogP contribution in [0.4, 0.5) is 11.5 Å². The number of carbonyl (C=O) groups excluding carboxylic acids is 1. The van der Waals surface area contributed by atoms with Crippen LogP contribution < -0.4 is 10.2 Å². The van der Waals surface area contributed by atoms with E-state index in [1.807, 2.05) is 25.1 Å². The smallest absolute Gasteiger partial charge is 0.256 e. The van der Waals surface area contributed by atoms with Gasteiger partial charge in [0.15, 0.2) is 0 Å². The minimum atomic E-state index is -0.164. The summed E-state index contributed by atoms with van der Waals surface area (Å²) in [5.41, 5.74) is 2.97. The molecule has 4 rings (SSSR count). The van der Waals surface area contributed by atoms with Crippen molar-refractivity contribution in [3.63, 3.8) is 0 Å². The summed E-state index contributed by atoms with van der Waals surface area (Å²) in [6.07, 6.45) is 4.80. The van der Waals surface area contributed by atoms with E-state index < -0.39 is 0 Å². The Labute approximate surface area is 184 Å². The molecule has 1 amide bonds. The molecule has 0 atom stereocenters. The van der Waals surface area contributed by atoms with Crippen molar-refractivity contribution in [3.8, 4) is 0 Å². The number of fused-ring (bicyclic) bond motifs is 1. The van der Waals surface area contributed by atoms with Crippen LogP contribution in [0.3, 0.4) is 0 Å². The first-order chi connectivity index (χ1) is 14.0. The molecular formula is C23H22BrClN3O. The highest BCUT2D eigenvalue weighted by Crippen LogP contribution is 2.32. The highest BCUT2D eigenvalue weighted by Gasteiger charge is 2.22. The number of nitrogens with one attached hydrogen (secondary N) is 1. The van der Waals surface area contributed by atoms with Gasteiger partial charge < -0.3 is 10.2 Å². The maximum absolute atomic E-state index is 13.3. The van der Waals surface area contributed by atoms with Crippen LogP contribution >= 0.6 is 27.5 Å². The largest absolute Gasteiger partial charge is 0.356 e. The molecule has 149 valence electrons. The first-order valence-electron chi connectivity index (χ1n) is 9.86. The SMILES string of the molecule is Cc1c(N2CCCCCC2)nc2ccc(Br)cc2c1C(=O)Nc1[c]cc(Cl)cc1. The van der Waals surface area contributed by atoms with Crippen LogP contribution in [0.1, 0.15) is 41.6 Å². The average molecular weight is 472 g/mol. The maximum Gasteiger partial charge on any atom is 0.256 e. The van der Waals surface area contributed by atoms with Gasteiger partial charge in [0.05, 0.1) is 11.1 Å². The number of nitrogens with zero attached hydrogens (tertiary/aromatic N) is 2. The highest BCUT2D eigenvalue weighted by molar-refractivity contribution is 9.10. The van der Waals surface area contributed by atoms with Crippen molar-refractivity contribution in [1.29, 1.82) is 0 Å². The van der Waals surface area contributed by atoms with Crippen LogP contribution in [0.2, 0.25) is 5.02 Å². The number of benzene rings is 2. The number of pyridine rings is 1. The second-order valence-corrected chi connectivity index (χ2v) is 8.72. The van der Waals surface area contributed by atoms with E-state index in [4.69, 9.17) is 16.6 Å². The summed E-state index contributed by atoms with van der Waals surface area (Å²) >= 11 is 9.47. The lowest BCUT2D eigenvalue weighted by molar-refractivity contribution is 0.102. The van der Waals surface area contributed by atoms with Crippen LogP contribution in [0, 0.1) is 13.0 Å². The molecule has 0 spiro atoms. The molecule has 0 aliphatic carbocycles. The van der Waals surface area contributed by atoms with Crippen LogP contribution in [-0.4, -0.2) is 24.0 Å². The van der Waals surface area contributed by atoms with Gasteiger partial charge in [0, 0.05) is 45.3 Å². The second-order valence-electron chi connectivity index (χ2n) is 7.37. The maximum atomic E-state index is 13.3. The van der Waals surface area contributed by atoms with Crippen molar-refractivity contribution in [2.75, 3.05) is 23.3 Å². The van der Waals surface area contributed by atoms with Gasteiger partial charge in [-0.15, -0.1) is 0 Å². The summed E-state index contributed by atoms with van der Waals surface area (Å²) in [5, 5.41) is 4.38. The van der Waals surface area contributed by atoms with Gasteiger partial charge in [0.2, 0.25) is 0 Å². The highest BCUT2D eigenvalue weighted by atomic mass is 79.9. The fourth-order valence-electron chi connectivity index (χ4n) is 3.87. The van der Waals surface area contributed by atoms with Crippen molar-refractivity contribution in [2.24, 2.45) is 0 Å². The molecule has 1 aliphatic rings. The van der Waals surface area contributed by atoms with E-state index in [1.165, 1.54) is 12.8 Å². The monoisotopic (exact) mass is 470 g/mol. The Hall–Kier alpha value is -2.11. The first-order valence-corrected chi connectivity index (χ1v) is 11.0. The minimum Gasteiger partial charge on any atom is -0.356 e. The molecule has 0 saturated carbocycles.